The number of aromatic nitrogens is 1. The molecule has 9 heteroatoms. The third-order valence-corrected chi connectivity index (χ3v) is 6.43. The Kier molecular flexibility index (Phi) is 3.74. The lowest BCUT2D eigenvalue weighted by atomic mass is 10.1. The van der Waals surface area contributed by atoms with Crippen molar-refractivity contribution in [2.45, 2.75) is 17.9 Å². The number of hydrogen-bond donors (Lipinski definition) is 1. The van der Waals surface area contributed by atoms with E-state index in [4.69, 9.17) is 0 Å². The minimum atomic E-state index is -4.21. The van der Waals surface area contributed by atoms with E-state index < -0.39 is 33.6 Å². The maximum atomic E-state index is 14.3. The molecular weight excluding hydrogens is 381 g/mol. The fraction of sp³-hybridized carbons (Fsp3) is 0.111. The second kappa shape index (κ2) is 5.78. The SMILES string of the molecule is C[C@@H]1c2ccc(F)n2-c2cc(F)c(F)cc2N1S(=O)(=O)c1ccc(O)cc1. The summed E-state index contributed by atoms with van der Waals surface area (Å²) in [5.74, 6) is -3.30. The Bertz CT molecular complexity index is 1160. The van der Waals surface area contributed by atoms with Crippen molar-refractivity contribution in [2.75, 3.05) is 4.31 Å². The lowest BCUT2D eigenvalue weighted by Crippen LogP contribution is -2.38. The Labute approximate surface area is 153 Å². The van der Waals surface area contributed by atoms with Gasteiger partial charge in [0.25, 0.3) is 10.0 Å². The van der Waals surface area contributed by atoms with Crippen molar-refractivity contribution in [3.8, 4) is 11.4 Å². The number of halogens is 3. The maximum absolute atomic E-state index is 14.3. The molecule has 2 aromatic carbocycles. The van der Waals surface area contributed by atoms with Gasteiger partial charge in [-0.05, 0) is 43.3 Å². The molecule has 2 heterocycles. The number of anilines is 1. The first-order chi connectivity index (χ1) is 12.7. The summed E-state index contributed by atoms with van der Waals surface area (Å²) in [6.45, 7) is 1.52. The molecule has 27 heavy (non-hydrogen) atoms. The molecule has 1 atom stereocenters. The van der Waals surface area contributed by atoms with Crippen molar-refractivity contribution in [1.82, 2.24) is 4.57 Å². The second-order valence-electron chi connectivity index (χ2n) is 6.14. The fourth-order valence-electron chi connectivity index (χ4n) is 3.29. The summed E-state index contributed by atoms with van der Waals surface area (Å²) in [6, 6.07) is 7.95. The molecule has 3 aromatic rings. The van der Waals surface area contributed by atoms with Crippen LogP contribution in [-0.2, 0) is 10.0 Å². The van der Waals surface area contributed by atoms with Gasteiger partial charge in [0.15, 0.2) is 17.6 Å². The van der Waals surface area contributed by atoms with Gasteiger partial charge >= 0.3 is 0 Å². The third-order valence-electron chi connectivity index (χ3n) is 4.53. The molecule has 1 aromatic heterocycles. The van der Waals surface area contributed by atoms with E-state index in [0.717, 1.165) is 27.1 Å². The molecule has 0 amide bonds. The predicted molar refractivity (Wildman–Crippen MR) is 91.8 cm³/mol. The van der Waals surface area contributed by atoms with E-state index in [0.29, 0.717) is 0 Å². The summed E-state index contributed by atoms with van der Waals surface area (Å²) >= 11 is 0. The normalized spacial score (nSPS) is 16.1. The number of sulfonamides is 1. The van der Waals surface area contributed by atoms with Crippen LogP contribution in [0.4, 0.5) is 18.9 Å². The van der Waals surface area contributed by atoms with Gasteiger partial charge < -0.3 is 5.11 Å². The van der Waals surface area contributed by atoms with Crippen LogP contribution in [0.5, 0.6) is 5.75 Å². The average molecular weight is 394 g/mol. The number of rotatable bonds is 2. The van der Waals surface area contributed by atoms with E-state index in [1.54, 1.807) is 0 Å². The topological polar surface area (TPSA) is 62.5 Å². The first kappa shape index (κ1) is 17.5. The van der Waals surface area contributed by atoms with E-state index in [2.05, 4.69) is 0 Å². The van der Waals surface area contributed by atoms with E-state index in [1.165, 1.54) is 37.3 Å². The van der Waals surface area contributed by atoms with Crippen LogP contribution in [0.1, 0.15) is 18.7 Å². The van der Waals surface area contributed by atoms with Gasteiger partial charge in [0.2, 0.25) is 0 Å². The smallest absolute Gasteiger partial charge is 0.264 e. The summed E-state index contributed by atoms with van der Waals surface area (Å²) in [5, 5.41) is 9.40. The predicted octanol–water partition coefficient (Wildman–Crippen LogP) is 3.87. The maximum Gasteiger partial charge on any atom is 0.264 e. The zero-order valence-corrected chi connectivity index (χ0v) is 14.7. The highest BCUT2D eigenvalue weighted by molar-refractivity contribution is 7.92. The van der Waals surface area contributed by atoms with Crippen LogP contribution in [0.25, 0.3) is 5.69 Å². The first-order valence-electron chi connectivity index (χ1n) is 7.92. The van der Waals surface area contributed by atoms with Crippen molar-refractivity contribution in [2.24, 2.45) is 0 Å². The lowest BCUT2D eigenvalue weighted by Gasteiger charge is -2.37. The fourth-order valence-corrected chi connectivity index (χ4v) is 4.92. The zero-order chi connectivity index (χ0) is 19.5. The van der Waals surface area contributed by atoms with Crippen LogP contribution < -0.4 is 4.31 Å². The summed E-state index contributed by atoms with van der Waals surface area (Å²) < 4.78 is 70.4. The van der Waals surface area contributed by atoms with Gasteiger partial charge in [-0.15, -0.1) is 0 Å². The van der Waals surface area contributed by atoms with Crippen LogP contribution >= 0.6 is 0 Å². The summed E-state index contributed by atoms with van der Waals surface area (Å²) in [7, 11) is -4.21. The minimum Gasteiger partial charge on any atom is -0.508 e. The molecule has 0 saturated heterocycles. The van der Waals surface area contributed by atoms with Crippen LogP contribution in [-0.4, -0.2) is 18.1 Å². The number of hydrogen-bond acceptors (Lipinski definition) is 3. The number of phenolic OH excluding ortho intramolecular Hbond substituents is 1. The number of nitrogens with zero attached hydrogens (tertiary/aromatic N) is 2. The molecule has 140 valence electrons. The van der Waals surface area contributed by atoms with Gasteiger partial charge in [0.1, 0.15) is 5.75 Å². The highest BCUT2D eigenvalue weighted by Gasteiger charge is 2.39. The summed E-state index contributed by atoms with van der Waals surface area (Å²) in [6.07, 6.45) is 0. The highest BCUT2D eigenvalue weighted by atomic mass is 32.2. The highest BCUT2D eigenvalue weighted by Crippen LogP contribution is 2.43. The minimum absolute atomic E-state index is 0.119. The van der Waals surface area contributed by atoms with Crippen molar-refractivity contribution >= 4 is 15.7 Å². The Morgan fingerprint density at radius 3 is 2.15 bits per heavy atom. The molecule has 1 aliphatic rings. The molecule has 1 aliphatic heterocycles. The number of benzene rings is 2. The molecule has 5 nitrogen and oxygen atoms in total. The number of phenols is 1. The lowest BCUT2D eigenvalue weighted by molar-refractivity contribution is 0.474. The molecule has 0 unspecified atom stereocenters. The van der Waals surface area contributed by atoms with Crippen molar-refractivity contribution in [3.63, 3.8) is 0 Å². The largest absolute Gasteiger partial charge is 0.508 e. The zero-order valence-electron chi connectivity index (χ0n) is 13.9. The molecule has 4 rings (SSSR count). The quantitative estimate of drug-likeness (QED) is 0.718. The van der Waals surface area contributed by atoms with Crippen molar-refractivity contribution < 1.29 is 26.7 Å². The van der Waals surface area contributed by atoms with Crippen LogP contribution in [0.3, 0.4) is 0 Å². The second-order valence-corrected chi connectivity index (χ2v) is 7.96. The van der Waals surface area contributed by atoms with Gasteiger partial charge in [0, 0.05) is 17.8 Å². The molecule has 0 radical (unpaired) electrons. The molecule has 0 saturated carbocycles. The molecule has 0 bridgehead atoms. The van der Waals surface area contributed by atoms with E-state index in [-0.39, 0.29) is 27.7 Å². The van der Waals surface area contributed by atoms with Crippen molar-refractivity contribution in [3.05, 3.63) is 71.8 Å². The Balaban J connectivity index is 2.00. The van der Waals surface area contributed by atoms with Gasteiger partial charge in [-0.25, -0.2) is 17.2 Å². The third kappa shape index (κ3) is 2.49. The van der Waals surface area contributed by atoms with E-state index >= 15 is 0 Å². The van der Waals surface area contributed by atoms with Gasteiger partial charge in [-0.2, -0.15) is 4.39 Å². The van der Waals surface area contributed by atoms with Crippen LogP contribution in [0, 0.1) is 17.6 Å². The summed E-state index contributed by atoms with van der Waals surface area (Å²) in [5.41, 5.74) is -0.0303. The molecular formula is C18H13F3N2O3S. The van der Waals surface area contributed by atoms with Crippen LogP contribution in [0.15, 0.2) is 53.4 Å². The van der Waals surface area contributed by atoms with Crippen LogP contribution in [0.2, 0.25) is 0 Å². The van der Waals surface area contributed by atoms with E-state index in [1.807, 2.05) is 0 Å². The summed E-state index contributed by atoms with van der Waals surface area (Å²) in [4.78, 5) is -0.150. The molecule has 0 aliphatic carbocycles. The van der Waals surface area contributed by atoms with Gasteiger partial charge in [-0.1, -0.05) is 0 Å². The average Bonchev–Trinajstić information content (AvgIpc) is 3.00. The standard InChI is InChI=1S/C18H13F3N2O3S/c1-10-15-6-7-18(21)22(15)16-8-13(19)14(20)9-17(16)23(10)27(25,26)12-4-2-11(24)3-5-12/h2-10,24H,1H3/t10-/m1/s1. The number of aromatic hydroxyl groups is 1. The monoisotopic (exact) mass is 394 g/mol. The Morgan fingerprint density at radius 2 is 1.52 bits per heavy atom. The van der Waals surface area contributed by atoms with Gasteiger partial charge in [-0.3, -0.25) is 8.87 Å². The molecule has 0 fully saturated rings. The van der Waals surface area contributed by atoms with E-state index in [9.17, 15) is 26.7 Å². The van der Waals surface area contributed by atoms with Crippen molar-refractivity contribution in [1.29, 1.82) is 0 Å². The molecule has 0 spiro atoms. The Morgan fingerprint density at radius 1 is 0.926 bits per heavy atom. The first-order valence-corrected chi connectivity index (χ1v) is 9.36. The Hall–Kier alpha value is -2.94. The number of fused-ring (bicyclic) bond motifs is 3. The van der Waals surface area contributed by atoms with Gasteiger partial charge in [0.05, 0.1) is 22.3 Å². The molecule has 1 N–H and O–H groups in total.